The van der Waals surface area contributed by atoms with Crippen LogP contribution >= 0.6 is 0 Å². The number of carbonyl (C=O) groups is 1. The van der Waals surface area contributed by atoms with Crippen molar-refractivity contribution in [2.45, 2.75) is 71.3 Å². The Morgan fingerprint density at radius 1 is 1.17 bits per heavy atom. The average molecular weight is 254 g/mol. The van der Waals surface area contributed by atoms with Gasteiger partial charge in [-0.05, 0) is 19.3 Å². The molecule has 0 spiro atoms. The van der Waals surface area contributed by atoms with Gasteiger partial charge in [0.1, 0.15) is 0 Å². The van der Waals surface area contributed by atoms with E-state index in [9.17, 15) is 4.79 Å². The summed E-state index contributed by atoms with van der Waals surface area (Å²) in [6, 6.07) is 0.698. The second-order valence-electron chi connectivity index (χ2n) is 5.38. The molecule has 0 bridgehead atoms. The Labute approximate surface area is 112 Å². The molecule has 0 aromatic rings. The summed E-state index contributed by atoms with van der Waals surface area (Å²) in [6.07, 6.45) is 9.67. The second kappa shape index (κ2) is 9.37. The average Bonchev–Trinajstić information content (AvgIpc) is 2.43. The number of hydrogen-bond acceptors (Lipinski definition) is 2. The Kier molecular flexibility index (Phi) is 8.06. The number of rotatable bonds is 8. The zero-order valence-electron chi connectivity index (χ0n) is 12.2. The molecule has 1 aliphatic carbocycles. The Hall–Kier alpha value is -0.570. The lowest BCUT2D eigenvalue weighted by molar-refractivity contribution is -0.130. The highest BCUT2D eigenvalue weighted by Crippen LogP contribution is 2.17. The van der Waals surface area contributed by atoms with Gasteiger partial charge in [-0.25, -0.2) is 0 Å². The van der Waals surface area contributed by atoms with E-state index in [1.807, 2.05) is 11.8 Å². The molecule has 0 aromatic carbocycles. The van der Waals surface area contributed by atoms with Crippen LogP contribution in [0.2, 0.25) is 0 Å². The van der Waals surface area contributed by atoms with E-state index in [-0.39, 0.29) is 0 Å². The SMILES string of the molecule is CCCCN(CCNC1CCCCC1)C(=O)CC. The summed E-state index contributed by atoms with van der Waals surface area (Å²) in [6.45, 7) is 6.89. The van der Waals surface area contributed by atoms with Gasteiger partial charge >= 0.3 is 0 Å². The molecule has 0 saturated heterocycles. The lowest BCUT2D eigenvalue weighted by Crippen LogP contribution is -2.40. The molecule has 1 saturated carbocycles. The monoisotopic (exact) mass is 254 g/mol. The third-order valence-corrected chi connectivity index (χ3v) is 3.86. The van der Waals surface area contributed by atoms with Crippen LogP contribution in [0, 0.1) is 0 Å². The smallest absolute Gasteiger partial charge is 0.222 e. The fourth-order valence-corrected chi connectivity index (χ4v) is 2.64. The molecular formula is C15H30N2O. The van der Waals surface area contributed by atoms with E-state index in [2.05, 4.69) is 12.2 Å². The van der Waals surface area contributed by atoms with Crippen LogP contribution in [0.1, 0.15) is 65.2 Å². The van der Waals surface area contributed by atoms with E-state index in [0.717, 1.165) is 32.5 Å². The van der Waals surface area contributed by atoms with Crippen LogP contribution in [0.5, 0.6) is 0 Å². The minimum atomic E-state index is 0.300. The van der Waals surface area contributed by atoms with E-state index in [4.69, 9.17) is 0 Å². The molecule has 3 nitrogen and oxygen atoms in total. The van der Waals surface area contributed by atoms with Crippen LogP contribution in [0.25, 0.3) is 0 Å². The summed E-state index contributed by atoms with van der Waals surface area (Å²) in [5.41, 5.74) is 0. The van der Waals surface area contributed by atoms with Crippen LogP contribution < -0.4 is 5.32 Å². The van der Waals surface area contributed by atoms with Crippen molar-refractivity contribution in [3.8, 4) is 0 Å². The van der Waals surface area contributed by atoms with Gasteiger partial charge in [0.15, 0.2) is 0 Å². The van der Waals surface area contributed by atoms with E-state index < -0.39 is 0 Å². The number of amides is 1. The lowest BCUT2D eigenvalue weighted by Gasteiger charge is -2.26. The fourth-order valence-electron chi connectivity index (χ4n) is 2.64. The van der Waals surface area contributed by atoms with Crippen molar-refractivity contribution in [2.75, 3.05) is 19.6 Å². The molecule has 0 aromatic heterocycles. The standard InChI is InChI=1S/C15H30N2O/c1-3-5-12-17(15(18)4-2)13-11-16-14-9-7-6-8-10-14/h14,16H,3-13H2,1-2H3. The summed E-state index contributed by atoms with van der Waals surface area (Å²) in [4.78, 5) is 13.8. The van der Waals surface area contributed by atoms with Gasteiger partial charge in [-0.1, -0.05) is 39.5 Å². The number of unbranched alkanes of at least 4 members (excludes halogenated alkanes) is 1. The van der Waals surface area contributed by atoms with E-state index >= 15 is 0 Å². The number of nitrogens with one attached hydrogen (secondary N) is 1. The Bertz CT molecular complexity index is 225. The first-order chi connectivity index (χ1) is 8.77. The molecule has 1 rings (SSSR count). The molecule has 18 heavy (non-hydrogen) atoms. The zero-order valence-corrected chi connectivity index (χ0v) is 12.2. The highest BCUT2D eigenvalue weighted by molar-refractivity contribution is 5.75. The summed E-state index contributed by atoms with van der Waals surface area (Å²) in [5, 5.41) is 3.61. The maximum Gasteiger partial charge on any atom is 0.222 e. The highest BCUT2D eigenvalue weighted by Gasteiger charge is 2.14. The van der Waals surface area contributed by atoms with E-state index in [1.54, 1.807) is 0 Å². The van der Waals surface area contributed by atoms with Crippen LogP contribution in [-0.2, 0) is 4.79 Å². The predicted octanol–water partition coefficient (Wildman–Crippen LogP) is 2.95. The normalized spacial score (nSPS) is 16.8. The number of nitrogens with zero attached hydrogens (tertiary/aromatic N) is 1. The topological polar surface area (TPSA) is 32.3 Å². The van der Waals surface area contributed by atoms with Crippen LogP contribution in [0.15, 0.2) is 0 Å². The molecule has 0 aliphatic heterocycles. The largest absolute Gasteiger partial charge is 0.341 e. The second-order valence-corrected chi connectivity index (χ2v) is 5.38. The maximum absolute atomic E-state index is 11.8. The van der Waals surface area contributed by atoms with Crippen molar-refractivity contribution in [3.05, 3.63) is 0 Å². The summed E-state index contributed by atoms with van der Waals surface area (Å²) >= 11 is 0. The summed E-state index contributed by atoms with van der Waals surface area (Å²) < 4.78 is 0. The van der Waals surface area contributed by atoms with Crippen molar-refractivity contribution in [2.24, 2.45) is 0 Å². The third kappa shape index (κ3) is 5.85. The maximum atomic E-state index is 11.8. The number of carbonyl (C=O) groups excluding carboxylic acids is 1. The molecule has 1 N–H and O–H groups in total. The molecule has 1 aliphatic rings. The van der Waals surface area contributed by atoms with Gasteiger partial charge in [0, 0.05) is 32.1 Å². The van der Waals surface area contributed by atoms with Crippen molar-refractivity contribution in [3.63, 3.8) is 0 Å². The molecule has 106 valence electrons. The Morgan fingerprint density at radius 2 is 1.89 bits per heavy atom. The molecule has 1 fully saturated rings. The van der Waals surface area contributed by atoms with Crippen molar-refractivity contribution in [1.29, 1.82) is 0 Å². The molecule has 0 heterocycles. The molecular weight excluding hydrogens is 224 g/mol. The molecule has 3 heteroatoms. The molecule has 1 amide bonds. The fraction of sp³-hybridized carbons (Fsp3) is 0.933. The number of hydrogen-bond donors (Lipinski definition) is 1. The van der Waals surface area contributed by atoms with Gasteiger partial charge in [-0.3, -0.25) is 4.79 Å². The molecule has 0 radical (unpaired) electrons. The molecule has 0 atom stereocenters. The van der Waals surface area contributed by atoms with Gasteiger partial charge in [0.2, 0.25) is 5.91 Å². The molecule has 0 unspecified atom stereocenters. The van der Waals surface area contributed by atoms with Gasteiger partial charge < -0.3 is 10.2 Å². The minimum Gasteiger partial charge on any atom is -0.341 e. The first kappa shape index (κ1) is 15.5. The van der Waals surface area contributed by atoms with Crippen molar-refractivity contribution in [1.82, 2.24) is 10.2 Å². The summed E-state index contributed by atoms with van der Waals surface area (Å²) in [7, 11) is 0. The van der Waals surface area contributed by atoms with Gasteiger partial charge in [-0.2, -0.15) is 0 Å². The first-order valence-corrected chi connectivity index (χ1v) is 7.79. The third-order valence-electron chi connectivity index (χ3n) is 3.86. The zero-order chi connectivity index (χ0) is 13.2. The lowest BCUT2D eigenvalue weighted by atomic mass is 9.95. The van der Waals surface area contributed by atoms with Gasteiger partial charge in [0.25, 0.3) is 0 Å². The van der Waals surface area contributed by atoms with Crippen molar-refractivity contribution >= 4 is 5.91 Å². The quantitative estimate of drug-likeness (QED) is 0.722. The minimum absolute atomic E-state index is 0.300. The Balaban J connectivity index is 2.20. The van der Waals surface area contributed by atoms with Crippen molar-refractivity contribution < 1.29 is 4.79 Å². The van der Waals surface area contributed by atoms with E-state index in [1.165, 1.54) is 32.1 Å². The van der Waals surface area contributed by atoms with Gasteiger partial charge in [0.05, 0.1) is 0 Å². The summed E-state index contributed by atoms with van der Waals surface area (Å²) in [5.74, 6) is 0.300. The predicted molar refractivity (Wildman–Crippen MR) is 76.7 cm³/mol. The van der Waals surface area contributed by atoms with Crippen LogP contribution in [0.4, 0.5) is 0 Å². The first-order valence-electron chi connectivity index (χ1n) is 7.79. The van der Waals surface area contributed by atoms with E-state index in [0.29, 0.717) is 18.4 Å². The van der Waals surface area contributed by atoms with Crippen LogP contribution in [0.3, 0.4) is 0 Å². The highest BCUT2D eigenvalue weighted by atomic mass is 16.2. The Morgan fingerprint density at radius 3 is 2.50 bits per heavy atom. The van der Waals surface area contributed by atoms with Gasteiger partial charge in [-0.15, -0.1) is 0 Å². The van der Waals surface area contributed by atoms with Crippen LogP contribution in [-0.4, -0.2) is 36.5 Å².